The molecule has 1 saturated heterocycles. The average Bonchev–Trinajstić information content (AvgIpc) is 3.29. The summed E-state index contributed by atoms with van der Waals surface area (Å²) < 4.78 is 18.2. The van der Waals surface area contributed by atoms with E-state index in [2.05, 4.69) is 52.3 Å². The molecule has 6 rings (SSSR count). The Morgan fingerprint density at radius 2 is 1.75 bits per heavy atom. The zero-order valence-electron chi connectivity index (χ0n) is 20.8. The van der Waals surface area contributed by atoms with Gasteiger partial charge in [-0.15, -0.1) is 0 Å². The molecular formula is C30H30N2O4. The van der Waals surface area contributed by atoms with Crippen molar-refractivity contribution in [2.75, 3.05) is 58.5 Å². The lowest BCUT2D eigenvalue weighted by molar-refractivity contribution is 0.121. The van der Waals surface area contributed by atoms with Crippen molar-refractivity contribution >= 4 is 16.9 Å². The monoisotopic (exact) mass is 482 g/mol. The maximum atomic E-state index is 13.1. The van der Waals surface area contributed by atoms with Crippen molar-refractivity contribution in [2.24, 2.45) is 0 Å². The number of nitrogens with zero attached hydrogens (tertiary/aromatic N) is 2. The van der Waals surface area contributed by atoms with Crippen LogP contribution >= 0.6 is 0 Å². The van der Waals surface area contributed by atoms with Crippen LogP contribution in [0, 0.1) is 0 Å². The van der Waals surface area contributed by atoms with Crippen LogP contribution in [-0.2, 0) is 11.2 Å². The van der Waals surface area contributed by atoms with Gasteiger partial charge in [-0.2, -0.15) is 0 Å². The van der Waals surface area contributed by atoms with Crippen molar-refractivity contribution in [3.05, 3.63) is 82.0 Å². The Balaban J connectivity index is 1.50. The molecule has 184 valence electrons. The van der Waals surface area contributed by atoms with Gasteiger partial charge in [-0.1, -0.05) is 42.5 Å². The Morgan fingerprint density at radius 3 is 2.58 bits per heavy atom. The number of benzene rings is 3. The highest BCUT2D eigenvalue weighted by molar-refractivity contribution is 5.97. The molecule has 6 heteroatoms. The summed E-state index contributed by atoms with van der Waals surface area (Å²) in [4.78, 5) is 17.3. The molecule has 1 aromatic heterocycles. The van der Waals surface area contributed by atoms with Crippen LogP contribution in [0.1, 0.15) is 11.1 Å². The van der Waals surface area contributed by atoms with Crippen LogP contribution in [0.2, 0.25) is 0 Å². The third kappa shape index (κ3) is 4.06. The molecule has 2 aliphatic rings. The molecule has 0 bridgehead atoms. The first-order valence-electron chi connectivity index (χ1n) is 12.5. The minimum atomic E-state index is -0.0248. The van der Waals surface area contributed by atoms with Crippen LogP contribution in [-0.4, -0.2) is 58.5 Å². The second kappa shape index (κ2) is 9.45. The van der Waals surface area contributed by atoms with E-state index in [9.17, 15) is 4.79 Å². The zero-order valence-corrected chi connectivity index (χ0v) is 20.8. The molecule has 0 unspecified atom stereocenters. The number of hydrogen-bond donors (Lipinski definition) is 0. The van der Waals surface area contributed by atoms with Gasteiger partial charge < -0.3 is 23.7 Å². The minimum absolute atomic E-state index is 0.0248. The third-order valence-corrected chi connectivity index (χ3v) is 7.08. The van der Waals surface area contributed by atoms with Gasteiger partial charge in [-0.05, 0) is 54.9 Å². The molecule has 1 aliphatic heterocycles. The first-order chi connectivity index (χ1) is 17.6. The highest BCUT2D eigenvalue weighted by atomic mass is 16.5. The molecule has 0 atom stereocenters. The SMILES string of the molecule is CN(C)CCOc1ccc(-c2cccc3c(=O)cc(N4CCOCC4)oc23)c2c1-c1ccccc1C2. The minimum Gasteiger partial charge on any atom is -0.492 e. The molecule has 3 aromatic carbocycles. The fourth-order valence-corrected chi connectivity index (χ4v) is 5.24. The highest BCUT2D eigenvalue weighted by Gasteiger charge is 2.27. The van der Waals surface area contributed by atoms with Gasteiger partial charge in [0.15, 0.2) is 11.3 Å². The van der Waals surface area contributed by atoms with E-state index in [1.54, 1.807) is 6.07 Å². The second-order valence-electron chi connectivity index (χ2n) is 9.68. The Kier molecular flexibility index (Phi) is 5.99. The lowest BCUT2D eigenvalue weighted by atomic mass is 9.93. The van der Waals surface area contributed by atoms with Crippen LogP contribution in [0.4, 0.5) is 5.88 Å². The van der Waals surface area contributed by atoms with E-state index in [1.165, 1.54) is 16.7 Å². The van der Waals surface area contributed by atoms with Crippen molar-refractivity contribution in [1.82, 2.24) is 4.90 Å². The fraction of sp³-hybridized carbons (Fsp3) is 0.300. The molecule has 0 saturated carbocycles. The number of fused-ring (bicyclic) bond motifs is 4. The highest BCUT2D eigenvalue weighted by Crippen LogP contribution is 2.47. The van der Waals surface area contributed by atoms with E-state index in [4.69, 9.17) is 13.9 Å². The Morgan fingerprint density at radius 1 is 0.944 bits per heavy atom. The van der Waals surface area contributed by atoms with E-state index < -0.39 is 0 Å². The van der Waals surface area contributed by atoms with Crippen LogP contribution in [0.3, 0.4) is 0 Å². The largest absolute Gasteiger partial charge is 0.492 e. The maximum Gasteiger partial charge on any atom is 0.200 e. The molecule has 36 heavy (non-hydrogen) atoms. The van der Waals surface area contributed by atoms with Gasteiger partial charge in [0.1, 0.15) is 17.9 Å². The molecule has 1 aliphatic carbocycles. The summed E-state index contributed by atoms with van der Waals surface area (Å²) in [7, 11) is 4.09. The van der Waals surface area contributed by atoms with E-state index >= 15 is 0 Å². The number of ether oxygens (including phenoxy) is 2. The third-order valence-electron chi connectivity index (χ3n) is 7.08. The summed E-state index contributed by atoms with van der Waals surface area (Å²) in [6.45, 7) is 4.14. The van der Waals surface area contributed by atoms with Crippen LogP contribution in [0.5, 0.6) is 5.75 Å². The number of para-hydroxylation sites is 1. The molecule has 0 N–H and O–H groups in total. The zero-order chi connectivity index (χ0) is 24.6. The van der Waals surface area contributed by atoms with Gasteiger partial charge in [0.05, 0.1) is 18.6 Å². The summed E-state index contributed by atoms with van der Waals surface area (Å²) in [5.41, 5.74) is 7.47. The summed E-state index contributed by atoms with van der Waals surface area (Å²) in [5, 5.41) is 0.597. The van der Waals surface area contributed by atoms with Crippen LogP contribution in [0.15, 0.2) is 69.9 Å². The predicted octanol–water partition coefficient (Wildman–Crippen LogP) is 4.81. The lowest BCUT2D eigenvalue weighted by Crippen LogP contribution is -2.36. The first-order valence-corrected chi connectivity index (χ1v) is 12.5. The van der Waals surface area contributed by atoms with Gasteiger partial charge in [0.25, 0.3) is 0 Å². The van der Waals surface area contributed by atoms with Gasteiger partial charge in [0.2, 0.25) is 0 Å². The van der Waals surface area contributed by atoms with Crippen molar-refractivity contribution in [1.29, 1.82) is 0 Å². The van der Waals surface area contributed by atoms with E-state index in [0.717, 1.165) is 35.4 Å². The molecule has 4 aromatic rings. The number of rotatable bonds is 6. The summed E-state index contributed by atoms with van der Waals surface area (Å²) in [5.74, 6) is 1.50. The molecular weight excluding hydrogens is 452 g/mol. The number of anilines is 1. The van der Waals surface area contributed by atoms with Gasteiger partial charge in [-0.3, -0.25) is 4.79 Å². The molecule has 0 radical (unpaired) electrons. The topological polar surface area (TPSA) is 55.2 Å². The molecule has 1 fully saturated rings. The Labute approximate surface area is 210 Å². The van der Waals surface area contributed by atoms with Crippen molar-refractivity contribution in [2.45, 2.75) is 6.42 Å². The predicted molar refractivity (Wildman–Crippen MR) is 143 cm³/mol. The first kappa shape index (κ1) is 22.8. The lowest BCUT2D eigenvalue weighted by Gasteiger charge is -2.27. The molecule has 0 spiro atoms. The van der Waals surface area contributed by atoms with E-state index in [0.29, 0.717) is 49.8 Å². The van der Waals surface area contributed by atoms with E-state index in [1.807, 2.05) is 26.2 Å². The summed E-state index contributed by atoms with van der Waals surface area (Å²) in [6.07, 6.45) is 0.815. The normalized spacial score (nSPS) is 14.8. The maximum absolute atomic E-state index is 13.1. The Bertz CT molecular complexity index is 1480. The average molecular weight is 483 g/mol. The van der Waals surface area contributed by atoms with Crippen LogP contribution < -0.4 is 15.1 Å². The Hall–Kier alpha value is -3.61. The molecule has 2 heterocycles. The van der Waals surface area contributed by atoms with Crippen molar-refractivity contribution in [3.63, 3.8) is 0 Å². The smallest absolute Gasteiger partial charge is 0.200 e. The fourth-order valence-electron chi connectivity index (χ4n) is 5.24. The summed E-state index contributed by atoms with van der Waals surface area (Å²) in [6, 6.07) is 20.2. The quantitative estimate of drug-likeness (QED) is 0.346. The number of hydrogen-bond acceptors (Lipinski definition) is 6. The summed E-state index contributed by atoms with van der Waals surface area (Å²) >= 11 is 0. The van der Waals surface area contributed by atoms with Gasteiger partial charge in [-0.25, -0.2) is 0 Å². The van der Waals surface area contributed by atoms with Crippen molar-refractivity contribution < 1.29 is 13.9 Å². The number of morpholine rings is 1. The standard InChI is InChI=1S/C30H30N2O4/c1-31(2)12-17-35-27-11-10-22(25-18-20-6-3-4-7-21(20)29(25)27)23-8-5-9-24-26(33)19-28(36-30(23)24)32-13-15-34-16-14-32/h3-11,19H,12-18H2,1-2H3. The van der Waals surface area contributed by atoms with Gasteiger partial charge >= 0.3 is 0 Å². The molecule has 6 nitrogen and oxygen atoms in total. The number of likely N-dealkylation sites (N-methyl/N-ethyl adjacent to an activating group) is 1. The second-order valence-corrected chi connectivity index (χ2v) is 9.68. The van der Waals surface area contributed by atoms with Crippen LogP contribution in [0.25, 0.3) is 33.2 Å². The molecule has 0 amide bonds. The van der Waals surface area contributed by atoms with Gasteiger partial charge in [0, 0.05) is 36.8 Å². The van der Waals surface area contributed by atoms with Crippen molar-refractivity contribution in [3.8, 4) is 28.0 Å². The van der Waals surface area contributed by atoms with E-state index in [-0.39, 0.29) is 5.43 Å².